The molecule has 2 aliphatic heterocycles. The molecule has 3 aromatic heterocycles. The third-order valence-electron chi connectivity index (χ3n) is 7.03. The van der Waals surface area contributed by atoms with Gasteiger partial charge in [0.25, 0.3) is 11.1 Å². The van der Waals surface area contributed by atoms with Crippen LogP contribution < -0.4 is 15.5 Å². The van der Waals surface area contributed by atoms with Crippen molar-refractivity contribution < 1.29 is 9.59 Å². The quantitative estimate of drug-likeness (QED) is 0.331. The zero-order valence-corrected chi connectivity index (χ0v) is 22.0. The lowest BCUT2D eigenvalue weighted by Crippen LogP contribution is -2.38. The molecule has 0 aliphatic carbocycles. The summed E-state index contributed by atoms with van der Waals surface area (Å²) in [5.41, 5.74) is 3.86. The number of hydrogen-bond donors (Lipinski definition) is 2. The zero-order valence-electron chi connectivity index (χ0n) is 21.2. The van der Waals surface area contributed by atoms with E-state index in [1.54, 1.807) is 18.3 Å². The Bertz CT molecular complexity index is 1540. The van der Waals surface area contributed by atoms with Crippen LogP contribution in [-0.4, -0.2) is 50.7 Å². The SMILES string of the molecule is O=C1NC(=O)/C(=C\c2ccnc(N3CCC(CNCc4ccc(-c5cccc6cnccc56)nc4)CC3)n2)S1. The lowest BCUT2D eigenvalue weighted by molar-refractivity contribution is -0.115. The first-order valence-corrected chi connectivity index (χ1v) is 13.8. The fourth-order valence-electron chi connectivity index (χ4n) is 4.94. The molecule has 2 fully saturated rings. The van der Waals surface area contributed by atoms with E-state index in [1.165, 1.54) is 0 Å². The molecule has 1 aromatic carbocycles. The zero-order chi connectivity index (χ0) is 26.6. The van der Waals surface area contributed by atoms with Crippen molar-refractivity contribution in [2.75, 3.05) is 24.5 Å². The van der Waals surface area contributed by atoms with Gasteiger partial charge in [0.15, 0.2) is 0 Å². The van der Waals surface area contributed by atoms with Crippen molar-refractivity contribution in [3.63, 3.8) is 0 Å². The number of fused-ring (bicyclic) bond motifs is 1. The van der Waals surface area contributed by atoms with E-state index in [4.69, 9.17) is 4.98 Å². The van der Waals surface area contributed by atoms with Crippen molar-refractivity contribution in [2.24, 2.45) is 5.92 Å². The van der Waals surface area contributed by atoms with Crippen molar-refractivity contribution in [1.29, 1.82) is 0 Å². The summed E-state index contributed by atoms with van der Waals surface area (Å²) < 4.78 is 0. The molecule has 2 N–H and O–H groups in total. The second-order valence-corrected chi connectivity index (χ2v) is 10.7. The van der Waals surface area contributed by atoms with E-state index < -0.39 is 0 Å². The summed E-state index contributed by atoms with van der Waals surface area (Å²) in [6.45, 7) is 3.47. The van der Waals surface area contributed by atoms with E-state index in [0.29, 0.717) is 22.5 Å². The van der Waals surface area contributed by atoms with Crippen LogP contribution in [0, 0.1) is 5.92 Å². The monoisotopic (exact) mass is 537 g/mol. The highest BCUT2D eigenvalue weighted by molar-refractivity contribution is 8.18. The lowest BCUT2D eigenvalue weighted by Gasteiger charge is -2.32. The van der Waals surface area contributed by atoms with Crippen molar-refractivity contribution in [3.8, 4) is 11.3 Å². The van der Waals surface area contributed by atoms with Crippen molar-refractivity contribution in [3.05, 3.63) is 83.4 Å². The number of carbonyl (C=O) groups is 2. The number of rotatable bonds is 7. The summed E-state index contributed by atoms with van der Waals surface area (Å²) in [4.78, 5) is 43.7. The summed E-state index contributed by atoms with van der Waals surface area (Å²) in [6.07, 6.45) is 11.1. The number of amides is 2. The van der Waals surface area contributed by atoms with Crippen molar-refractivity contribution in [1.82, 2.24) is 30.6 Å². The van der Waals surface area contributed by atoms with Gasteiger partial charge in [0.1, 0.15) is 0 Å². The number of hydrogen-bond acceptors (Lipinski definition) is 9. The van der Waals surface area contributed by atoms with Crippen LogP contribution in [0.5, 0.6) is 0 Å². The van der Waals surface area contributed by atoms with Gasteiger partial charge in [-0.05, 0) is 72.3 Å². The topological polar surface area (TPSA) is 113 Å². The summed E-state index contributed by atoms with van der Waals surface area (Å²) in [5, 5.41) is 7.77. The molecule has 39 heavy (non-hydrogen) atoms. The largest absolute Gasteiger partial charge is 0.341 e. The van der Waals surface area contributed by atoms with Gasteiger partial charge in [0.05, 0.1) is 16.3 Å². The van der Waals surface area contributed by atoms with Gasteiger partial charge in [-0.2, -0.15) is 0 Å². The fourth-order valence-corrected chi connectivity index (χ4v) is 5.61. The van der Waals surface area contributed by atoms with Gasteiger partial charge < -0.3 is 10.2 Å². The predicted molar refractivity (Wildman–Crippen MR) is 153 cm³/mol. The molecule has 2 aliphatic rings. The van der Waals surface area contributed by atoms with E-state index >= 15 is 0 Å². The first kappa shape index (κ1) is 25.1. The Labute approximate surface area is 230 Å². The van der Waals surface area contributed by atoms with Gasteiger partial charge in [-0.3, -0.25) is 24.9 Å². The Hall–Kier alpha value is -4.15. The van der Waals surface area contributed by atoms with E-state index in [9.17, 15) is 9.59 Å². The number of benzene rings is 1. The van der Waals surface area contributed by atoms with Gasteiger partial charge in [0.2, 0.25) is 5.95 Å². The highest BCUT2D eigenvalue weighted by Gasteiger charge is 2.25. The molecule has 10 heteroatoms. The standard InChI is InChI=1S/C29H27N7O2S/c37-27-26(39-29(38)35-27)14-22-6-11-32-28(34-22)36-12-8-19(9-13-36)15-31-16-20-4-5-25(33-17-20)24-3-1-2-21-18-30-10-7-23(21)24/h1-7,10-11,14,17-19,31H,8-9,12-13,15-16H2,(H,35,37,38)/b26-14+. The van der Waals surface area contributed by atoms with Crippen LogP contribution in [0.4, 0.5) is 10.7 Å². The average Bonchev–Trinajstić information content (AvgIpc) is 3.29. The molecule has 6 rings (SSSR count). The Morgan fingerprint density at radius 1 is 1.03 bits per heavy atom. The van der Waals surface area contributed by atoms with Gasteiger partial charge in [0, 0.05) is 55.4 Å². The predicted octanol–water partition coefficient (Wildman–Crippen LogP) is 4.42. The molecule has 0 bridgehead atoms. The van der Waals surface area contributed by atoms with Crippen LogP contribution in [0.2, 0.25) is 0 Å². The van der Waals surface area contributed by atoms with E-state index in [1.807, 2.05) is 30.7 Å². The maximum Gasteiger partial charge on any atom is 0.290 e. The Kier molecular flexibility index (Phi) is 7.29. The average molecular weight is 538 g/mol. The van der Waals surface area contributed by atoms with Gasteiger partial charge in [-0.25, -0.2) is 9.97 Å². The number of carbonyl (C=O) groups excluding carboxylic acids is 2. The molecule has 9 nitrogen and oxygen atoms in total. The summed E-state index contributed by atoms with van der Waals surface area (Å²) in [7, 11) is 0. The molecule has 2 saturated heterocycles. The minimum atomic E-state index is -0.382. The molecule has 0 unspecified atom stereocenters. The maximum absolute atomic E-state index is 11.8. The molecule has 5 heterocycles. The number of thioether (sulfide) groups is 1. The van der Waals surface area contributed by atoms with Gasteiger partial charge in [-0.1, -0.05) is 24.3 Å². The van der Waals surface area contributed by atoms with Gasteiger partial charge >= 0.3 is 0 Å². The third kappa shape index (κ3) is 5.81. The lowest BCUT2D eigenvalue weighted by atomic mass is 9.97. The van der Waals surface area contributed by atoms with E-state index in [2.05, 4.69) is 54.8 Å². The minimum absolute atomic E-state index is 0.352. The van der Waals surface area contributed by atoms with Crippen molar-refractivity contribution >= 4 is 45.7 Å². The smallest absolute Gasteiger partial charge is 0.290 e. The number of nitrogens with one attached hydrogen (secondary N) is 2. The molecule has 0 saturated carbocycles. The number of piperidine rings is 1. The van der Waals surface area contributed by atoms with Crippen LogP contribution in [0.25, 0.3) is 28.1 Å². The molecule has 2 amide bonds. The molecule has 0 radical (unpaired) electrons. The van der Waals surface area contributed by atoms with Crippen LogP contribution >= 0.6 is 11.8 Å². The summed E-state index contributed by atoms with van der Waals surface area (Å²) in [6, 6.07) is 14.2. The minimum Gasteiger partial charge on any atom is -0.341 e. The van der Waals surface area contributed by atoms with E-state index in [0.717, 1.165) is 78.4 Å². The highest BCUT2D eigenvalue weighted by Crippen LogP contribution is 2.27. The summed E-state index contributed by atoms with van der Waals surface area (Å²) in [5.74, 6) is 0.847. The molecule has 4 aromatic rings. The molecular formula is C29H27N7O2S. The Morgan fingerprint density at radius 2 is 1.92 bits per heavy atom. The van der Waals surface area contributed by atoms with Crippen LogP contribution in [0.1, 0.15) is 24.1 Å². The molecule has 0 spiro atoms. The number of pyridine rings is 2. The summed E-state index contributed by atoms with van der Waals surface area (Å²) >= 11 is 0.891. The first-order chi connectivity index (χ1) is 19.1. The van der Waals surface area contributed by atoms with Crippen LogP contribution in [0.15, 0.2) is 72.2 Å². The second kappa shape index (κ2) is 11.3. The number of nitrogens with zero attached hydrogens (tertiary/aromatic N) is 5. The van der Waals surface area contributed by atoms with Gasteiger partial charge in [-0.15, -0.1) is 0 Å². The first-order valence-electron chi connectivity index (χ1n) is 12.9. The second-order valence-electron chi connectivity index (χ2n) is 9.65. The molecule has 0 atom stereocenters. The highest BCUT2D eigenvalue weighted by atomic mass is 32.2. The molecule has 196 valence electrons. The van der Waals surface area contributed by atoms with E-state index in [-0.39, 0.29) is 11.1 Å². The Balaban J connectivity index is 0.995. The molecular weight excluding hydrogens is 510 g/mol. The van der Waals surface area contributed by atoms with Crippen molar-refractivity contribution in [2.45, 2.75) is 19.4 Å². The Morgan fingerprint density at radius 3 is 2.72 bits per heavy atom. The number of aromatic nitrogens is 4. The number of anilines is 1. The third-order valence-corrected chi connectivity index (χ3v) is 7.84. The number of imide groups is 1. The normalized spacial score (nSPS) is 17.2. The fraction of sp³-hybridized carbons (Fsp3) is 0.241. The van der Waals surface area contributed by atoms with Crippen LogP contribution in [0.3, 0.4) is 0 Å². The van der Waals surface area contributed by atoms with Crippen LogP contribution in [-0.2, 0) is 11.3 Å². The maximum atomic E-state index is 11.8.